The smallest absolute Gasteiger partial charge is 0.416 e. The molecule has 3 aromatic heterocycles. The van der Waals surface area contributed by atoms with Crippen LogP contribution in [0.1, 0.15) is 24.8 Å². The Balaban J connectivity index is 1.55. The molecule has 30 heavy (non-hydrogen) atoms. The van der Waals surface area contributed by atoms with Gasteiger partial charge in [0.15, 0.2) is 0 Å². The topological polar surface area (TPSA) is 113 Å². The normalized spacial score (nSPS) is 18.2. The molecule has 2 N–H and O–H groups in total. The molecule has 1 fully saturated rings. The number of cyclic esters (lactones) is 1. The Labute approximate surface area is 181 Å². The van der Waals surface area contributed by atoms with Crippen LogP contribution in [-0.4, -0.2) is 49.9 Å². The maximum Gasteiger partial charge on any atom is 0.416 e. The molecule has 1 saturated heterocycles. The summed E-state index contributed by atoms with van der Waals surface area (Å²) >= 11 is 7.70. The van der Waals surface area contributed by atoms with E-state index in [9.17, 15) is 9.90 Å². The Kier molecular flexibility index (Phi) is 5.80. The number of rotatable bonds is 6. The van der Waals surface area contributed by atoms with E-state index in [0.717, 1.165) is 15.4 Å². The molecule has 1 aliphatic rings. The summed E-state index contributed by atoms with van der Waals surface area (Å²) in [5.41, 5.74) is 0.943. The van der Waals surface area contributed by atoms with E-state index in [0.29, 0.717) is 0 Å². The summed E-state index contributed by atoms with van der Waals surface area (Å²) in [4.78, 5) is 31.6. The Morgan fingerprint density at radius 3 is 2.93 bits per heavy atom. The zero-order chi connectivity index (χ0) is 21.3. The van der Waals surface area contributed by atoms with Crippen molar-refractivity contribution in [1.29, 1.82) is 0 Å². The molecule has 1 amide bonds. The Morgan fingerprint density at radius 2 is 2.20 bits per heavy atom. The monoisotopic (exact) mass is 446 g/mol. The number of aliphatic hydroxyl groups excluding tert-OH is 1. The van der Waals surface area contributed by atoms with Crippen molar-refractivity contribution in [2.24, 2.45) is 0 Å². The van der Waals surface area contributed by atoms with Crippen LogP contribution in [-0.2, 0) is 4.74 Å². The van der Waals surface area contributed by atoms with E-state index in [1.54, 1.807) is 25.5 Å². The van der Waals surface area contributed by atoms with E-state index in [2.05, 4.69) is 25.3 Å². The van der Waals surface area contributed by atoms with Crippen LogP contribution in [0.15, 0.2) is 36.8 Å². The van der Waals surface area contributed by atoms with E-state index in [1.807, 2.05) is 19.1 Å². The van der Waals surface area contributed by atoms with Crippen molar-refractivity contribution in [2.75, 3.05) is 16.8 Å². The van der Waals surface area contributed by atoms with Gasteiger partial charge in [0.25, 0.3) is 0 Å². The van der Waals surface area contributed by atoms with Crippen molar-refractivity contribution in [3.05, 3.63) is 46.8 Å². The van der Waals surface area contributed by atoms with Crippen molar-refractivity contribution in [3.63, 3.8) is 0 Å². The van der Waals surface area contributed by atoms with E-state index < -0.39 is 18.2 Å². The van der Waals surface area contributed by atoms with Crippen LogP contribution >= 0.6 is 22.9 Å². The number of aliphatic hydroxyl groups is 1. The third kappa shape index (κ3) is 4.20. The average Bonchev–Trinajstić information content (AvgIpc) is 3.35. The average molecular weight is 447 g/mol. The highest BCUT2D eigenvalue weighted by Gasteiger charge is 2.38. The molecule has 9 nitrogen and oxygen atoms in total. The van der Waals surface area contributed by atoms with Gasteiger partial charge in [-0.25, -0.2) is 14.8 Å². The fraction of sp³-hybridized carbons (Fsp3) is 0.316. The molecule has 0 aliphatic carbocycles. The van der Waals surface area contributed by atoms with Gasteiger partial charge in [0.2, 0.25) is 5.95 Å². The lowest BCUT2D eigenvalue weighted by molar-refractivity contribution is 0.142. The molecule has 1 unspecified atom stereocenters. The molecular formula is C19H19ClN6O3S. The molecule has 3 aromatic rings. The maximum atomic E-state index is 12.2. The number of anilines is 2. The number of ether oxygens (including phenoxy) is 1. The predicted molar refractivity (Wildman–Crippen MR) is 114 cm³/mol. The van der Waals surface area contributed by atoms with Crippen LogP contribution in [0.25, 0.3) is 10.6 Å². The Hall–Kier alpha value is -2.82. The summed E-state index contributed by atoms with van der Waals surface area (Å²) in [6.07, 6.45) is 3.90. The highest BCUT2D eigenvalue weighted by atomic mass is 35.5. The minimum Gasteiger partial charge on any atom is -0.447 e. The quantitative estimate of drug-likeness (QED) is 0.553. The number of carbonyl (C=O) groups is 1. The van der Waals surface area contributed by atoms with Crippen molar-refractivity contribution >= 4 is 40.8 Å². The first-order valence-corrected chi connectivity index (χ1v) is 10.4. The standard InChI is InChI=1S/C19H19ClN6O3S/c1-10(14-8-22-17(30-14)12-4-3-5-21-7-12)23-18-24-15(20)6-16(25-18)26-13(11(2)27)9-29-19(26)28/h3-8,10-11,13,27H,9H2,1-2H3,(H,23,24,25)/t10-,11+,13?/m0/s1. The first kappa shape index (κ1) is 20.5. The van der Waals surface area contributed by atoms with Crippen LogP contribution in [0.3, 0.4) is 0 Å². The highest BCUT2D eigenvalue weighted by molar-refractivity contribution is 7.15. The van der Waals surface area contributed by atoms with Gasteiger partial charge in [-0.2, -0.15) is 4.98 Å². The molecule has 4 rings (SSSR count). The molecule has 156 valence electrons. The summed E-state index contributed by atoms with van der Waals surface area (Å²) in [5.74, 6) is 0.517. The lowest BCUT2D eigenvalue weighted by Gasteiger charge is -2.23. The van der Waals surface area contributed by atoms with Gasteiger partial charge in [0, 0.05) is 35.1 Å². The first-order valence-electron chi connectivity index (χ1n) is 9.23. The number of amides is 1. The minimum atomic E-state index is -0.788. The fourth-order valence-corrected chi connectivity index (χ4v) is 4.11. The van der Waals surface area contributed by atoms with Crippen LogP contribution in [0.5, 0.6) is 0 Å². The molecule has 0 spiro atoms. The molecule has 1 aliphatic heterocycles. The number of carbonyl (C=O) groups excluding carboxylic acids is 1. The third-order valence-corrected chi connectivity index (χ3v) is 6.02. The second kappa shape index (κ2) is 8.50. The molecule has 11 heteroatoms. The summed E-state index contributed by atoms with van der Waals surface area (Å²) < 4.78 is 5.06. The SMILES string of the molecule is C[C@H](Nc1nc(Cl)cc(N2C(=O)OCC2[C@@H](C)O)n1)c1cnc(-c2cccnc2)s1. The second-order valence-corrected chi connectivity index (χ2v) is 8.25. The Bertz CT molecular complexity index is 1050. The lowest BCUT2D eigenvalue weighted by Crippen LogP contribution is -2.41. The number of hydrogen-bond acceptors (Lipinski definition) is 9. The number of nitrogens with zero attached hydrogens (tertiary/aromatic N) is 5. The van der Waals surface area contributed by atoms with Crippen molar-refractivity contribution in [2.45, 2.75) is 32.0 Å². The summed E-state index contributed by atoms with van der Waals surface area (Å²) in [6, 6.07) is 4.58. The zero-order valence-corrected chi connectivity index (χ0v) is 17.8. The number of nitrogens with one attached hydrogen (secondary N) is 1. The van der Waals surface area contributed by atoms with E-state index >= 15 is 0 Å². The summed E-state index contributed by atoms with van der Waals surface area (Å²) in [7, 11) is 0. The van der Waals surface area contributed by atoms with Gasteiger partial charge in [-0.3, -0.25) is 9.88 Å². The molecule has 3 atom stereocenters. The van der Waals surface area contributed by atoms with Crippen LogP contribution < -0.4 is 10.2 Å². The summed E-state index contributed by atoms with van der Waals surface area (Å²) in [6.45, 7) is 3.62. The van der Waals surface area contributed by atoms with Gasteiger partial charge >= 0.3 is 6.09 Å². The van der Waals surface area contributed by atoms with E-state index in [1.165, 1.54) is 22.3 Å². The zero-order valence-electron chi connectivity index (χ0n) is 16.2. The number of pyridine rings is 1. The van der Waals surface area contributed by atoms with Gasteiger partial charge in [-0.15, -0.1) is 11.3 Å². The highest BCUT2D eigenvalue weighted by Crippen LogP contribution is 2.31. The van der Waals surface area contributed by atoms with Crippen LogP contribution in [0.2, 0.25) is 5.15 Å². The summed E-state index contributed by atoms with van der Waals surface area (Å²) in [5, 5.41) is 14.2. The molecule has 0 bridgehead atoms. The molecule has 4 heterocycles. The number of hydrogen-bond donors (Lipinski definition) is 2. The van der Waals surface area contributed by atoms with Gasteiger partial charge < -0.3 is 15.2 Å². The van der Waals surface area contributed by atoms with Gasteiger partial charge in [-0.05, 0) is 26.0 Å². The minimum absolute atomic E-state index is 0.0786. The van der Waals surface area contributed by atoms with Crippen LogP contribution in [0, 0.1) is 0 Å². The number of thiazole rings is 1. The predicted octanol–water partition coefficient (Wildman–Crippen LogP) is 3.53. The molecular weight excluding hydrogens is 428 g/mol. The van der Waals surface area contributed by atoms with Crippen LogP contribution in [0.4, 0.5) is 16.6 Å². The van der Waals surface area contributed by atoms with Gasteiger partial charge in [-0.1, -0.05) is 11.6 Å². The van der Waals surface area contributed by atoms with Crippen molar-refractivity contribution in [3.8, 4) is 10.6 Å². The number of halogens is 1. The van der Waals surface area contributed by atoms with E-state index in [-0.39, 0.29) is 29.6 Å². The maximum absolute atomic E-state index is 12.2. The second-order valence-electron chi connectivity index (χ2n) is 6.80. The third-order valence-electron chi connectivity index (χ3n) is 4.60. The fourth-order valence-electron chi connectivity index (χ4n) is 3.02. The number of aromatic nitrogens is 4. The molecule has 0 saturated carbocycles. The largest absolute Gasteiger partial charge is 0.447 e. The van der Waals surface area contributed by atoms with E-state index in [4.69, 9.17) is 16.3 Å². The van der Waals surface area contributed by atoms with Crippen molar-refractivity contribution in [1.82, 2.24) is 19.9 Å². The van der Waals surface area contributed by atoms with Gasteiger partial charge in [0.1, 0.15) is 28.6 Å². The molecule has 0 aromatic carbocycles. The van der Waals surface area contributed by atoms with Gasteiger partial charge in [0.05, 0.1) is 12.1 Å². The first-order chi connectivity index (χ1) is 14.4. The Morgan fingerprint density at radius 1 is 1.37 bits per heavy atom. The molecule has 0 radical (unpaired) electrons. The van der Waals surface area contributed by atoms with Crippen molar-refractivity contribution < 1.29 is 14.6 Å². The lowest BCUT2D eigenvalue weighted by atomic mass is 10.2.